The Morgan fingerprint density at radius 2 is 2.17 bits per heavy atom. The summed E-state index contributed by atoms with van der Waals surface area (Å²) in [5, 5.41) is 0.0682. The second-order valence-electron chi connectivity index (χ2n) is 5.85. The molecule has 0 radical (unpaired) electrons. The maximum Gasteiger partial charge on any atom is 0.127 e. The summed E-state index contributed by atoms with van der Waals surface area (Å²) in [6.07, 6.45) is 1.78. The van der Waals surface area contributed by atoms with E-state index < -0.39 is 4.33 Å². The number of hydrogen-bond donors (Lipinski definition) is 0. The Morgan fingerprint density at radius 3 is 2.78 bits per heavy atom. The molecule has 4 rings (SSSR count). The first kappa shape index (κ1) is 11.8. The Balaban J connectivity index is 1.89. The fourth-order valence-electron chi connectivity index (χ4n) is 4.23. The highest BCUT2D eigenvalue weighted by atomic mass is 35.5. The van der Waals surface area contributed by atoms with Crippen LogP contribution in [0.3, 0.4) is 0 Å². The van der Waals surface area contributed by atoms with Crippen molar-refractivity contribution in [3.05, 3.63) is 28.6 Å². The lowest BCUT2D eigenvalue weighted by atomic mass is 9.68. The molecular formula is C14H14Cl3N. The van der Waals surface area contributed by atoms with Gasteiger partial charge in [-0.2, -0.15) is 0 Å². The summed E-state index contributed by atoms with van der Waals surface area (Å²) in [5.74, 6) is 0.695. The van der Waals surface area contributed by atoms with Crippen molar-refractivity contribution in [1.29, 1.82) is 0 Å². The number of pyridine rings is 1. The lowest BCUT2D eigenvalue weighted by Crippen LogP contribution is -2.47. The minimum absolute atomic E-state index is 0.0682. The van der Waals surface area contributed by atoms with Crippen molar-refractivity contribution < 1.29 is 0 Å². The van der Waals surface area contributed by atoms with E-state index in [2.05, 4.69) is 19.9 Å². The number of aryl methyl sites for hydroxylation is 2. The minimum atomic E-state index is -0.657. The first-order chi connectivity index (χ1) is 8.45. The van der Waals surface area contributed by atoms with Crippen molar-refractivity contribution in [3.63, 3.8) is 0 Å². The zero-order chi connectivity index (χ0) is 12.9. The topological polar surface area (TPSA) is 12.9 Å². The van der Waals surface area contributed by atoms with Crippen LogP contribution in [-0.2, 0) is 6.42 Å². The second kappa shape index (κ2) is 3.19. The number of fused-ring (bicyclic) bond motifs is 3. The molecule has 1 aromatic heterocycles. The number of aromatic nitrogens is 1. The van der Waals surface area contributed by atoms with Crippen molar-refractivity contribution >= 4 is 34.8 Å². The molecule has 0 aromatic carbocycles. The molecule has 18 heavy (non-hydrogen) atoms. The smallest absolute Gasteiger partial charge is 0.127 e. The summed E-state index contributed by atoms with van der Waals surface area (Å²) in [4.78, 5) is 4.84. The fraction of sp³-hybridized carbons (Fsp3) is 0.643. The van der Waals surface area contributed by atoms with Crippen LogP contribution in [0.2, 0.25) is 0 Å². The molecule has 1 heterocycles. The molecule has 3 aliphatic rings. The SMILES string of the molecule is CCc1nc2c(cc1C)[C@H]1CC(Cl)(Cl)[C@]13[C@H](Cl)[C@H]23. The van der Waals surface area contributed by atoms with E-state index in [1.165, 1.54) is 22.5 Å². The van der Waals surface area contributed by atoms with Gasteiger partial charge in [0.15, 0.2) is 0 Å². The number of rotatable bonds is 1. The van der Waals surface area contributed by atoms with E-state index in [-0.39, 0.29) is 16.7 Å². The minimum Gasteiger partial charge on any atom is -0.257 e. The number of halogens is 3. The highest BCUT2D eigenvalue weighted by Gasteiger charge is 2.87. The molecule has 1 spiro atoms. The van der Waals surface area contributed by atoms with Crippen LogP contribution in [0.25, 0.3) is 0 Å². The van der Waals surface area contributed by atoms with E-state index in [0.29, 0.717) is 5.92 Å². The Labute approximate surface area is 122 Å². The third-order valence-corrected chi connectivity index (χ3v) is 6.78. The van der Waals surface area contributed by atoms with Crippen LogP contribution in [-0.4, -0.2) is 14.7 Å². The highest BCUT2D eigenvalue weighted by molar-refractivity contribution is 6.51. The van der Waals surface area contributed by atoms with Gasteiger partial charge in [-0.05, 0) is 36.8 Å². The summed E-state index contributed by atoms with van der Waals surface area (Å²) >= 11 is 19.4. The molecule has 0 amide bonds. The van der Waals surface area contributed by atoms with Crippen LogP contribution in [0.15, 0.2) is 6.07 Å². The van der Waals surface area contributed by atoms with Gasteiger partial charge in [0.2, 0.25) is 0 Å². The average Bonchev–Trinajstić information content (AvgIpc) is 2.87. The Bertz CT molecular complexity index is 568. The van der Waals surface area contributed by atoms with Crippen LogP contribution in [0.1, 0.15) is 47.7 Å². The number of hydrogen-bond acceptors (Lipinski definition) is 1. The summed E-state index contributed by atoms with van der Waals surface area (Å²) in [6, 6.07) is 2.28. The summed E-state index contributed by atoms with van der Waals surface area (Å²) in [5.41, 5.74) is 4.86. The molecule has 3 aliphatic carbocycles. The predicted molar refractivity (Wildman–Crippen MR) is 75.0 cm³/mol. The Hall–Kier alpha value is 0.0200. The third-order valence-electron chi connectivity index (χ3n) is 5.21. The van der Waals surface area contributed by atoms with Crippen LogP contribution in [0.4, 0.5) is 0 Å². The number of nitrogens with zero attached hydrogens (tertiary/aromatic N) is 1. The first-order valence-electron chi connectivity index (χ1n) is 6.47. The maximum atomic E-state index is 6.48. The standard InChI is InChI=1S/C14H14Cl3N/c1-3-9-6(2)4-7-8-5-13(16,17)14(8)10(12(14)15)11(7)18-9/h4,8,10,12H,3,5H2,1-2H3/t8-,10+,12-,14-/m1/s1. The molecule has 0 bridgehead atoms. The normalized spacial score (nSPS) is 41.7. The van der Waals surface area contributed by atoms with Gasteiger partial charge in [0.1, 0.15) is 4.33 Å². The van der Waals surface area contributed by atoms with Crippen molar-refractivity contribution in [1.82, 2.24) is 4.98 Å². The highest BCUT2D eigenvalue weighted by Crippen LogP contribution is 2.88. The van der Waals surface area contributed by atoms with Gasteiger partial charge in [0.25, 0.3) is 0 Å². The van der Waals surface area contributed by atoms with Gasteiger partial charge in [0, 0.05) is 22.7 Å². The van der Waals surface area contributed by atoms with Gasteiger partial charge in [0.05, 0.1) is 5.38 Å². The average molecular weight is 303 g/mol. The van der Waals surface area contributed by atoms with E-state index in [1.54, 1.807) is 0 Å². The molecule has 0 N–H and O–H groups in total. The molecule has 4 heteroatoms. The second-order valence-corrected chi connectivity index (χ2v) is 7.81. The van der Waals surface area contributed by atoms with E-state index in [4.69, 9.17) is 39.8 Å². The predicted octanol–water partition coefficient (Wildman–Crippen LogP) is 4.32. The van der Waals surface area contributed by atoms with Crippen molar-refractivity contribution in [2.75, 3.05) is 0 Å². The van der Waals surface area contributed by atoms with Gasteiger partial charge in [-0.15, -0.1) is 34.8 Å². The van der Waals surface area contributed by atoms with E-state index >= 15 is 0 Å². The molecule has 0 aliphatic heterocycles. The first-order valence-corrected chi connectivity index (χ1v) is 7.66. The van der Waals surface area contributed by atoms with Crippen LogP contribution in [0, 0.1) is 12.3 Å². The van der Waals surface area contributed by atoms with E-state index in [0.717, 1.165) is 12.8 Å². The summed E-state index contributed by atoms with van der Waals surface area (Å²) < 4.78 is -0.657. The zero-order valence-corrected chi connectivity index (χ0v) is 12.6. The Morgan fingerprint density at radius 1 is 1.44 bits per heavy atom. The molecule has 2 fully saturated rings. The molecule has 2 saturated carbocycles. The molecule has 96 valence electrons. The maximum absolute atomic E-state index is 6.48. The zero-order valence-electron chi connectivity index (χ0n) is 10.3. The van der Waals surface area contributed by atoms with E-state index in [1.807, 2.05) is 0 Å². The lowest BCUT2D eigenvalue weighted by molar-refractivity contribution is 0.212. The van der Waals surface area contributed by atoms with Crippen molar-refractivity contribution in [2.24, 2.45) is 5.41 Å². The molecular weight excluding hydrogens is 289 g/mol. The lowest BCUT2D eigenvalue weighted by Gasteiger charge is -2.47. The van der Waals surface area contributed by atoms with Crippen LogP contribution in [0.5, 0.6) is 0 Å². The van der Waals surface area contributed by atoms with Crippen LogP contribution >= 0.6 is 34.8 Å². The molecule has 0 unspecified atom stereocenters. The quantitative estimate of drug-likeness (QED) is 0.704. The van der Waals surface area contributed by atoms with Gasteiger partial charge >= 0.3 is 0 Å². The van der Waals surface area contributed by atoms with Crippen LogP contribution < -0.4 is 0 Å². The largest absolute Gasteiger partial charge is 0.257 e. The summed E-state index contributed by atoms with van der Waals surface area (Å²) in [6.45, 7) is 4.27. The monoisotopic (exact) mass is 301 g/mol. The molecule has 1 aromatic rings. The fourth-order valence-corrected chi connectivity index (χ4v) is 6.12. The van der Waals surface area contributed by atoms with Crippen molar-refractivity contribution in [2.45, 2.75) is 48.2 Å². The van der Waals surface area contributed by atoms with Crippen molar-refractivity contribution in [3.8, 4) is 0 Å². The molecule has 1 nitrogen and oxygen atoms in total. The van der Waals surface area contributed by atoms with E-state index in [9.17, 15) is 0 Å². The van der Waals surface area contributed by atoms with Gasteiger partial charge in [-0.1, -0.05) is 13.0 Å². The molecule has 0 saturated heterocycles. The molecule has 4 atom stereocenters. The van der Waals surface area contributed by atoms with Gasteiger partial charge in [-0.25, -0.2) is 0 Å². The van der Waals surface area contributed by atoms with Gasteiger partial charge in [-0.3, -0.25) is 4.98 Å². The third kappa shape index (κ3) is 1.00. The summed E-state index contributed by atoms with van der Waals surface area (Å²) in [7, 11) is 0. The Kier molecular flexibility index (Phi) is 2.09. The number of alkyl halides is 3. The van der Waals surface area contributed by atoms with Gasteiger partial charge < -0.3 is 0 Å².